The lowest BCUT2D eigenvalue weighted by atomic mass is 10.1. The quantitative estimate of drug-likeness (QED) is 0.591. The highest BCUT2D eigenvalue weighted by molar-refractivity contribution is 7.80. The van der Waals surface area contributed by atoms with Gasteiger partial charge in [0.1, 0.15) is 0 Å². The van der Waals surface area contributed by atoms with Crippen LogP contribution in [-0.4, -0.2) is 29.8 Å². The maximum absolute atomic E-state index is 4.48. The molecule has 1 aliphatic carbocycles. The Morgan fingerprint density at radius 1 is 1.27 bits per heavy atom. The van der Waals surface area contributed by atoms with Crippen LogP contribution in [0.15, 0.2) is 0 Å². The Morgan fingerprint density at radius 3 is 2.47 bits per heavy atom. The molecule has 0 aromatic heterocycles. The molecule has 0 saturated heterocycles. The first kappa shape index (κ1) is 13.4. The van der Waals surface area contributed by atoms with Crippen molar-refractivity contribution in [1.29, 1.82) is 0 Å². The molecule has 1 saturated carbocycles. The van der Waals surface area contributed by atoms with E-state index >= 15 is 0 Å². The smallest absolute Gasteiger partial charge is 0.00965 e. The van der Waals surface area contributed by atoms with Crippen molar-refractivity contribution in [2.45, 2.75) is 58.4 Å². The normalized spacial score (nSPS) is 18.4. The van der Waals surface area contributed by atoms with Crippen LogP contribution >= 0.6 is 12.6 Å². The zero-order valence-corrected chi connectivity index (χ0v) is 11.3. The summed E-state index contributed by atoms with van der Waals surface area (Å²) in [7, 11) is 0. The fraction of sp³-hybridized carbons (Fsp3) is 1.00. The molecule has 1 nitrogen and oxygen atoms in total. The van der Waals surface area contributed by atoms with Crippen molar-refractivity contribution < 1.29 is 0 Å². The van der Waals surface area contributed by atoms with Gasteiger partial charge in [0, 0.05) is 12.6 Å². The Balaban J connectivity index is 2.27. The van der Waals surface area contributed by atoms with E-state index in [1.54, 1.807) is 0 Å². The van der Waals surface area contributed by atoms with Gasteiger partial charge < -0.3 is 4.90 Å². The second-order valence-corrected chi connectivity index (χ2v) is 5.28. The minimum Gasteiger partial charge on any atom is -0.300 e. The molecule has 0 aliphatic heterocycles. The van der Waals surface area contributed by atoms with Crippen LogP contribution < -0.4 is 0 Å². The number of unbranched alkanes of at least 4 members (excludes halogenated alkanes) is 1. The third-order valence-corrected chi connectivity index (χ3v) is 3.83. The van der Waals surface area contributed by atoms with Gasteiger partial charge in [-0.15, -0.1) is 0 Å². The van der Waals surface area contributed by atoms with Gasteiger partial charge in [0.2, 0.25) is 0 Å². The Bertz CT molecular complexity index is 157. The minimum absolute atomic E-state index is 0.816. The maximum atomic E-state index is 4.48. The van der Waals surface area contributed by atoms with Gasteiger partial charge in [-0.1, -0.05) is 26.7 Å². The summed E-state index contributed by atoms with van der Waals surface area (Å²) in [4.78, 5) is 2.72. The SMILES string of the molecule is CCCCN(CC(CS)CCC)C1CC1. The summed E-state index contributed by atoms with van der Waals surface area (Å²) in [5.74, 6) is 1.87. The summed E-state index contributed by atoms with van der Waals surface area (Å²) in [6.07, 6.45) is 8.21. The molecule has 0 heterocycles. The van der Waals surface area contributed by atoms with Crippen molar-refractivity contribution in [3.8, 4) is 0 Å². The van der Waals surface area contributed by atoms with Gasteiger partial charge in [-0.2, -0.15) is 12.6 Å². The van der Waals surface area contributed by atoms with E-state index in [1.165, 1.54) is 51.6 Å². The van der Waals surface area contributed by atoms with E-state index in [1.807, 2.05) is 0 Å². The van der Waals surface area contributed by atoms with Crippen molar-refractivity contribution in [2.75, 3.05) is 18.8 Å². The summed E-state index contributed by atoms with van der Waals surface area (Å²) in [6.45, 7) is 7.17. The largest absolute Gasteiger partial charge is 0.300 e. The molecule has 90 valence electrons. The number of nitrogens with zero attached hydrogens (tertiary/aromatic N) is 1. The van der Waals surface area contributed by atoms with E-state index in [0.29, 0.717) is 0 Å². The second-order valence-electron chi connectivity index (χ2n) is 4.92. The molecule has 1 unspecified atom stereocenters. The average molecular weight is 229 g/mol. The molecule has 0 aromatic rings. The number of hydrogen-bond acceptors (Lipinski definition) is 2. The summed E-state index contributed by atoms with van der Waals surface area (Å²) in [5, 5.41) is 0. The van der Waals surface area contributed by atoms with Gasteiger partial charge in [-0.25, -0.2) is 0 Å². The van der Waals surface area contributed by atoms with Crippen molar-refractivity contribution in [2.24, 2.45) is 5.92 Å². The van der Waals surface area contributed by atoms with Crippen molar-refractivity contribution in [1.82, 2.24) is 4.90 Å². The third-order valence-electron chi connectivity index (χ3n) is 3.31. The monoisotopic (exact) mass is 229 g/mol. The van der Waals surface area contributed by atoms with E-state index in [0.717, 1.165) is 17.7 Å². The standard InChI is InChI=1S/C13H27NS/c1-3-5-9-14(13-7-8-13)10-12(11-15)6-4-2/h12-13,15H,3-11H2,1-2H3. The van der Waals surface area contributed by atoms with E-state index in [9.17, 15) is 0 Å². The molecule has 0 N–H and O–H groups in total. The fourth-order valence-corrected chi connectivity index (χ4v) is 2.50. The number of rotatable bonds is 9. The third kappa shape index (κ3) is 5.26. The topological polar surface area (TPSA) is 3.24 Å². The Kier molecular flexibility index (Phi) is 6.74. The summed E-state index contributed by atoms with van der Waals surface area (Å²) in [5.41, 5.74) is 0. The molecule has 1 aliphatic rings. The lowest BCUT2D eigenvalue weighted by molar-refractivity contribution is 0.221. The molecule has 1 atom stereocenters. The van der Waals surface area contributed by atoms with Crippen LogP contribution in [0.4, 0.5) is 0 Å². The zero-order valence-electron chi connectivity index (χ0n) is 10.4. The lowest BCUT2D eigenvalue weighted by Gasteiger charge is -2.26. The molecule has 0 radical (unpaired) electrons. The van der Waals surface area contributed by atoms with Gasteiger partial charge >= 0.3 is 0 Å². The van der Waals surface area contributed by atoms with Gasteiger partial charge in [0.25, 0.3) is 0 Å². The lowest BCUT2D eigenvalue weighted by Crippen LogP contribution is -2.33. The van der Waals surface area contributed by atoms with Crippen LogP contribution in [0.25, 0.3) is 0 Å². The van der Waals surface area contributed by atoms with E-state index in [2.05, 4.69) is 31.4 Å². The predicted molar refractivity (Wildman–Crippen MR) is 71.8 cm³/mol. The van der Waals surface area contributed by atoms with Crippen molar-refractivity contribution >= 4 is 12.6 Å². The summed E-state index contributed by atoms with van der Waals surface area (Å²) < 4.78 is 0. The predicted octanol–water partition coefficient (Wildman–Crippen LogP) is 3.60. The van der Waals surface area contributed by atoms with Crippen molar-refractivity contribution in [3.05, 3.63) is 0 Å². The first-order chi connectivity index (χ1) is 7.31. The van der Waals surface area contributed by atoms with Gasteiger partial charge in [-0.05, 0) is 43.9 Å². The van der Waals surface area contributed by atoms with E-state index in [-0.39, 0.29) is 0 Å². The van der Waals surface area contributed by atoms with Gasteiger partial charge in [0.05, 0.1) is 0 Å². The Hall–Kier alpha value is 0.310. The second kappa shape index (κ2) is 7.56. The summed E-state index contributed by atoms with van der Waals surface area (Å²) in [6, 6.07) is 0.927. The van der Waals surface area contributed by atoms with Crippen LogP contribution in [0.2, 0.25) is 0 Å². The molecule has 1 rings (SSSR count). The van der Waals surface area contributed by atoms with Crippen molar-refractivity contribution in [3.63, 3.8) is 0 Å². The van der Waals surface area contributed by atoms with Crippen LogP contribution in [0.3, 0.4) is 0 Å². The van der Waals surface area contributed by atoms with E-state index in [4.69, 9.17) is 0 Å². The molecular formula is C13H27NS. The first-order valence-corrected chi connectivity index (χ1v) is 7.29. The van der Waals surface area contributed by atoms with Crippen LogP contribution in [0.5, 0.6) is 0 Å². The molecule has 0 spiro atoms. The fourth-order valence-electron chi connectivity index (χ4n) is 2.20. The highest BCUT2D eigenvalue weighted by atomic mass is 32.1. The zero-order chi connectivity index (χ0) is 11.1. The van der Waals surface area contributed by atoms with Crippen LogP contribution in [0.1, 0.15) is 52.4 Å². The first-order valence-electron chi connectivity index (χ1n) is 6.66. The molecule has 0 amide bonds. The molecular weight excluding hydrogens is 202 g/mol. The Morgan fingerprint density at radius 2 is 2.00 bits per heavy atom. The minimum atomic E-state index is 0.816. The van der Waals surface area contributed by atoms with Crippen LogP contribution in [0, 0.1) is 5.92 Å². The van der Waals surface area contributed by atoms with Gasteiger partial charge in [0.15, 0.2) is 0 Å². The maximum Gasteiger partial charge on any atom is 0.00965 e. The number of thiol groups is 1. The molecule has 1 fully saturated rings. The average Bonchev–Trinajstić information content (AvgIpc) is 3.06. The molecule has 0 bridgehead atoms. The van der Waals surface area contributed by atoms with E-state index < -0.39 is 0 Å². The molecule has 15 heavy (non-hydrogen) atoms. The molecule has 0 aromatic carbocycles. The highest BCUT2D eigenvalue weighted by Gasteiger charge is 2.29. The van der Waals surface area contributed by atoms with Crippen LogP contribution in [-0.2, 0) is 0 Å². The Labute approximate surface area is 101 Å². The highest BCUT2D eigenvalue weighted by Crippen LogP contribution is 2.28. The van der Waals surface area contributed by atoms with Gasteiger partial charge in [-0.3, -0.25) is 0 Å². The molecule has 2 heteroatoms. The number of hydrogen-bond donors (Lipinski definition) is 1. The summed E-state index contributed by atoms with van der Waals surface area (Å²) >= 11 is 4.48.